The fourth-order valence-electron chi connectivity index (χ4n) is 2.16. The number of carbonyl (C=O) groups excluding carboxylic acids is 1. The van der Waals surface area contributed by atoms with E-state index < -0.39 is 10.8 Å². The van der Waals surface area contributed by atoms with E-state index in [9.17, 15) is 14.9 Å². The van der Waals surface area contributed by atoms with E-state index in [1.54, 1.807) is 12.1 Å². The van der Waals surface area contributed by atoms with Crippen LogP contribution in [0.2, 0.25) is 0 Å². The van der Waals surface area contributed by atoms with Gasteiger partial charge in [0.25, 0.3) is 11.6 Å². The predicted octanol–water partition coefficient (Wildman–Crippen LogP) is 3.62. The molecule has 2 aromatic carbocycles. The molecule has 0 saturated heterocycles. The number of nitrogens with zero attached hydrogens (tertiary/aromatic N) is 2. The number of nitro groups is 1. The summed E-state index contributed by atoms with van der Waals surface area (Å²) in [5.41, 5.74) is 3.24. The average molecular weight is 335 g/mol. The number of nitrogens with one attached hydrogen (secondary N) is 1. The van der Waals surface area contributed by atoms with E-state index in [4.69, 9.17) is 4.42 Å². The summed E-state index contributed by atoms with van der Waals surface area (Å²) in [7, 11) is 0. The Bertz CT molecular complexity index is 932. The Labute approximate surface area is 142 Å². The lowest BCUT2D eigenvalue weighted by atomic mass is 10.2. The van der Waals surface area contributed by atoms with E-state index in [0.29, 0.717) is 11.5 Å². The molecule has 0 spiro atoms. The van der Waals surface area contributed by atoms with E-state index >= 15 is 0 Å². The van der Waals surface area contributed by atoms with Gasteiger partial charge in [-0.1, -0.05) is 36.4 Å². The maximum Gasteiger partial charge on any atom is 0.271 e. The lowest BCUT2D eigenvalue weighted by molar-refractivity contribution is -0.384. The summed E-state index contributed by atoms with van der Waals surface area (Å²) in [5, 5.41) is 14.5. The van der Waals surface area contributed by atoms with Crippen molar-refractivity contribution in [2.45, 2.75) is 0 Å². The summed E-state index contributed by atoms with van der Waals surface area (Å²) in [5.74, 6) is 0.611. The number of hydrogen-bond acceptors (Lipinski definition) is 5. The van der Waals surface area contributed by atoms with Crippen molar-refractivity contribution in [3.63, 3.8) is 0 Å². The van der Waals surface area contributed by atoms with E-state index in [1.807, 2.05) is 30.3 Å². The van der Waals surface area contributed by atoms with Crippen molar-refractivity contribution in [2.24, 2.45) is 5.10 Å². The summed E-state index contributed by atoms with van der Waals surface area (Å²) in [6, 6.07) is 18.5. The van der Waals surface area contributed by atoms with Crippen LogP contribution < -0.4 is 5.43 Å². The summed E-state index contributed by atoms with van der Waals surface area (Å²) in [6.07, 6.45) is 1.36. The summed E-state index contributed by atoms with van der Waals surface area (Å²) >= 11 is 0. The number of hydrazone groups is 1. The number of rotatable bonds is 5. The second-order valence-electron chi connectivity index (χ2n) is 5.07. The molecule has 0 aliphatic rings. The zero-order valence-corrected chi connectivity index (χ0v) is 13.0. The highest BCUT2D eigenvalue weighted by atomic mass is 16.6. The molecule has 0 saturated carbocycles. The molecule has 1 aromatic heterocycles. The Hall–Kier alpha value is -3.74. The quantitative estimate of drug-likeness (QED) is 0.437. The van der Waals surface area contributed by atoms with Crippen molar-refractivity contribution in [1.29, 1.82) is 0 Å². The van der Waals surface area contributed by atoms with Crippen molar-refractivity contribution in [3.8, 4) is 11.3 Å². The second-order valence-corrected chi connectivity index (χ2v) is 5.07. The lowest BCUT2D eigenvalue weighted by Crippen LogP contribution is -2.17. The first-order valence-electron chi connectivity index (χ1n) is 7.36. The molecule has 1 amide bonds. The molecular formula is C18H13N3O4. The summed E-state index contributed by atoms with van der Waals surface area (Å²) in [6.45, 7) is 0. The monoisotopic (exact) mass is 335 g/mol. The Morgan fingerprint density at radius 1 is 1.08 bits per heavy atom. The topological polar surface area (TPSA) is 97.7 Å². The highest BCUT2D eigenvalue weighted by Crippen LogP contribution is 2.20. The number of nitro benzene ring substituents is 1. The van der Waals surface area contributed by atoms with Gasteiger partial charge in [-0.2, -0.15) is 5.10 Å². The molecule has 0 aliphatic carbocycles. The molecular weight excluding hydrogens is 322 g/mol. The molecule has 0 bridgehead atoms. The highest BCUT2D eigenvalue weighted by Gasteiger charge is 2.10. The molecule has 3 aromatic rings. The van der Waals surface area contributed by atoms with E-state index in [2.05, 4.69) is 10.5 Å². The zero-order chi connectivity index (χ0) is 17.6. The van der Waals surface area contributed by atoms with Crippen molar-refractivity contribution in [2.75, 3.05) is 0 Å². The van der Waals surface area contributed by atoms with Gasteiger partial charge in [0.15, 0.2) is 0 Å². The Morgan fingerprint density at radius 2 is 1.88 bits per heavy atom. The minimum absolute atomic E-state index is 0.149. The Balaban J connectivity index is 1.65. The van der Waals surface area contributed by atoms with Gasteiger partial charge in [0, 0.05) is 23.3 Å². The predicted molar refractivity (Wildman–Crippen MR) is 92.3 cm³/mol. The van der Waals surface area contributed by atoms with Crippen LogP contribution in [-0.2, 0) is 0 Å². The molecule has 3 rings (SSSR count). The first-order chi connectivity index (χ1) is 12.1. The molecule has 25 heavy (non-hydrogen) atoms. The normalized spacial score (nSPS) is 10.7. The Morgan fingerprint density at radius 3 is 2.64 bits per heavy atom. The largest absolute Gasteiger partial charge is 0.455 e. The van der Waals surface area contributed by atoms with E-state index in [-0.39, 0.29) is 11.3 Å². The number of furan rings is 1. The number of hydrogen-bond donors (Lipinski definition) is 1. The van der Waals surface area contributed by atoms with Gasteiger partial charge in [-0.15, -0.1) is 0 Å². The Kier molecular flexibility index (Phi) is 4.66. The maximum atomic E-state index is 12.0. The lowest BCUT2D eigenvalue weighted by Gasteiger charge is -1.99. The van der Waals surface area contributed by atoms with Gasteiger partial charge < -0.3 is 4.42 Å². The summed E-state index contributed by atoms with van der Waals surface area (Å²) < 4.78 is 5.62. The van der Waals surface area contributed by atoms with Crippen LogP contribution in [0.15, 0.2) is 76.2 Å². The first-order valence-corrected chi connectivity index (χ1v) is 7.36. The van der Waals surface area contributed by atoms with Gasteiger partial charge in [-0.25, -0.2) is 5.43 Å². The standard InChI is InChI=1S/C18H13N3O4/c22-18(14-7-4-8-15(11-14)21(23)24)20-19-12-16-9-10-17(25-16)13-5-2-1-3-6-13/h1-12H,(H,20,22)/b19-12+. The first kappa shape index (κ1) is 16.1. The van der Waals surface area contributed by atoms with Gasteiger partial charge in [0.05, 0.1) is 11.1 Å². The van der Waals surface area contributed by atoms with Gasteiger partial charge >= 0.3 is 0 Å². The van der Waals surface area contributed by atoms with E-state index in [0.717, 1.165) is 5.56 Å². The molecule has 7 nitrogen and oxygen atoms in total. The van der Waals surface area contributed by atoms with Crippen LogP contribution in [0.4, 0.5) is 5.69 Å². The van der Waals surface area contributed by atoms with Crippen LogP contribution in [0.25, 0.3) is 11.3 Å². The number of non-ortho nitro benzene ring substituents is 1. The summed E-state index contributed by atoms with van der Waals surface area (Å²) in [4.78, 5) is 22.1. The molecule has 1 N–H and O–H groups in total. The van der Waals surface area contributed by atoms with Crippen LogP contribution in [0.1, 0.15) is 16.1 Å². The van der Waals surface area contributed by atoms with Crippen molar-refractivity contribution in [3.05, 3.63) is 88.2 Å². The molecule has 7 heteroatoms. The van der Waals surface area contributed by atoms with Gasteiger partial charge in [-0.05, 0) is 18.2 Å². The smallest absolute Gasteiger partial charge is 0.271 e. The van der Waals surface area contributed by atoms with Crippen LogP contribution in [0, 0.1) is 10.1 Å². The third-order valence-corrected chi connectivity index (χ3v) is 3.36. The van der Waals surface area contributed by atoms with Crippen LogP contribution in [-0.4, -0.2) is 17.0 Å². The minimum atomic E-state index is -0.562. The molecule has 0 fully saturated rings. The minimum Gasteiger partial charge on any atom is -0.455 e. The number of amides is 1. The van der Waals surface area contributed by atoms with Crippen LogP contribution >= 0.6 is 0 Å². The molecule has 124 valence electrons. The van der Waals surface area contributed by atoms with Crippen molar-refractivity contribution in [1.82, 2.24) is 5.43 Å². The van der Waals surface area contributed by atoms with Crippen molar-refractivity contribution >= 4 is 17.8 Å². The SMILES string of the molecule is O=C(N/N=C/c1ccc(-c2ccccc2)o1)c1cccc([N+](=O)[O-])c1. The average Bonchev–Trinajstić information content (AvgIpc) is 3.11. The van der Waals surface area contributed by atoms with Crippen LogP contribution in [0.5, 0.6) is 0 Å². The molecule has 0 atom stereocenters. The third kappa shape index (κ3) is 3.97. The van der Waals surface area contributed by atoms with Gasteiger partial charge in [0.1, 0.15) is 11.5 Å². The molecule has 0 unspecified atom stereocenters. The molecule has 1 heterocycles. The van der Waals surface area contributed by atoms with Gasteiger partial charge in [0.2, 0.25) is 0 Å². The molecule has 0 radical (unpaired) electrons. The van der Waals surface area contributed by atoms with Crippen LogP contribution in [0.3, 0.4) is 0 Å². The van der Waals surface area contributed by atoms with Gasteiger partial charge in [-0.3, -0.25) is 14.9 Å². The molecule has 0 aliphatic heterocycles. The fraction of sp³-hybridized carbons (Fsp3) is 0. The number of carbonyl (C=O) groups is 1. The fourth-order valence-corrected chi connectivity index (χ4v) is 2.16. The maximum absolute atomic E-state index is 12.0. The second kappa shape index (κ2) is 7.22. The van der Waals surface area contributed by atoms with E-state index in [1.165, 1.54) is 30.5 Å². The highest BCUT2D eigenvalue weighted by molar-refractivity contribution is 5.95. The van der Waals surface area contributed by atoms with Crippen molar-refractivity contribution < 1.29 is 14.1 Å². The third-order valence-electron chi connectivity index (χ3n) is 3.36. The zero-order valence-electron chi connectivity index (χ0n) is 13.0. The number of benzene rings is 2.